The van der Waals surface area contributed by atoms with E-state index in [2.05, 4.69) is 4.37 Å². The summed E-state index contributed by atoms with van der Waals surface area (Å²) < 4.78 is 3.94. The lowest BCUT2D eigenvalue weighted by Gasteiger charge is -2.50. The summed E-state index contributed by atoms with van der Waals surface area (Å²) in [5, 5.41) is 45.7. The first-order chi connectivity index (χ1) is 19.7. The van der Waals surface area contributed by atoms with E-state index < -0.39 is 58.0 Å². The number of fused-ring (bicyclic) bond motifs is 3. The number of ketones is 3. The van der Waals surface area contributed by atoms with Crippen molar-refractivity contribution in [3.63, 3.8) is 0 Å². The highest BCUT2D eigenvalue weighted by Gasteiger charge is 2.64. The summed E-state index contributed by atoms with van der Waals surface area (Å²) in [4.78, 5) is 55.8. The monoisotopic (exact) mass is 596 g/mol. The molecule has 1 saturated carbocycles. The first kappa shape index (κ1) is 29.4. The van der Waals surface area contributed by atoms with Gasteiger partial charge in [-0.1, -0.05) is 0 Å². The number of hydrogen-bond donors (Lipinski definition) is 5. The smallest absolute Gasteiger partial charge is 0.255 e. The molecule has 0 aliphatic heterocycles. The second kappa shape index (κ2) is 10.3. The molecule has 2 aromatic rings. The Morgan fingerprint density at radius 2 is 1.86 bits per heavy atom. The largest absolute Gasteiger partial charge is 0.508 e. The van der Waals surface area contributed by atoms with Crippen molar-refractivity contribution in [2.24, 2.45) is 17.6 Å². The predicted octanol–water partition coefficient (Wildman–Crippen LogP) is 1.30. The van der Waals surface area contributed by atoms with Gasteiger partial charge in [0.05, 0.1) is 16.5 Å². The number of hydrogen-bond acceptors (Lipinski definition) is 12. The molecule has 1 aromatic carbocycles. The Morgan fingerprint density at radius 3 is 2.43 bits per heavy atom. The molecule has 4 atom stereocenters. The van der Waals surface area contributed by atoms with Gasteiger partial charge in [-0.2, -0.15) is 0 Å². The molecule has 5 rings (SSSR count). The summed E-state index contributed by atoms with van der Waals surface area (Å²) in [5.74, 6) is -7.15. The van der Waals surface area contributed by atoms with E-state index in [9.17, 15) is 39.6 Å². The number of primary amides is 1. The lowest BCUT2D eigenvalue weighted by molar-refractivity contribution is -0.153. The quantitative estimate of drug-likeness (QED) is 0.228. The van der Waals surface area contributed by atoms with Crippen LogP contribution in [-0.2, 0) is 27.2 Å². The number of anilines is 1. The number of benzene rings is 1. The van der Waals surface area contributed by atoms with E-state index >= 15 is 0 Å². The van der Waals surface area contributed by atoms with Crippen LogP contribution in [0.1, 0.15) is 39.2 Å². The molecule has 0 radical (unpaired) electrons. The van der Waals surface area contributed by atoms with Crippen LogP contribution >= 0.6 is 11.5 Å². The van der Waals surface area contributed by atoms with Crippen LogP contribution in [0.5, 0.6) is 5.75 Å². The number of phenols is 1. The Labute approximate surface area is 245 Å². The molecule has 13 heteroatoms. The second-order valence-corrected chi connectivity index (χ2v) is 12.2. The van der Waals surface area contributed by atoms with Crippen LogP contribution in [0.4, 0.5) is 5.69 Å². The number of rotatable bonds is 7. The Bertz CT molecular complexity index is 1590. The molecule has 12 nitrogen and oxygen atoms in total. The first-order valence-corrected chi connectivity index (χ1v) is 14.1. The van der Waals surface area contributed by atoms with Gasteiger partial charge in [-0.05, 0) is 74.1 Å². The molecule has 0 bridgehead atoms. The van der Waals surface area contributed by atoms with E-state index in [0.717, 1.165) is 11.5 Å². The maximum Gasteiger partial charge on any atom is 0.255 e. The highest BCUT2D eigenvalue weighted by molar-refractivity contribution is 7.08. The zero-order valence-electron chi connectivity index (χ0n) is 23.5. The molecule has 0 spiro atoms. The minimum Gasteiger partial charge on any atom is -0.508 e. The third-order valence-corrected chi connectivity index (χ3v) is 9.38. The number of aliphatic hydroxyl groups excluding tert-OH is 2. The third kappa shape index (κ3) is 4.22. The number of carbonyl (C=O) groups is 4. The summed E-state index contributed by atoms with van der Waals surface area (Å²) in [6.45, 7) is 0. The second-order valence-electron chi connectivity index (χ2n) is 11.4. The SMILES string of the molecule is CN(C)c1cc(CCC(=O)c2ccns2)c(O)c2c1CC1CC3C(N(C)C)C(=O)C(C(N)=O)=C(O)C3(O)C(=O)C1=C2O. The van der Waals surface area contributed by atoms with Crippen molar-refractivity contribution in [2.45, 2.75) is 37.3 Å². The molecular weight excluding hydrogens is 564 g/mol. The number of aliphatic hydroxyl groups is 3. The minimum atomic E-state index is -2.71. The number of likely N-dealkylation sites (N-methyl/N-ethyl adjacent to an activating group) is 1. The number of aromatic hydroxyl groups is 1. The third-order valence-electron chi connectivity index (χ3n) is 8.59. The normalized spacial score (nSPS) is 25.3. The lowest BCUT2D eigenvalue weighted by atomic mass is 9.57. The highest BCUT2D eigenvalue weighted by atomic mass is 32.1. The Kier molecular flexibility index (Phi) is 7.24. The average molecular weight is 597 g/mol. The minimum absolute atomic E-state index is 0.00210. The van der Waals surface area contributed by atoms with Gasteiger partial charge in [-0.15, -0.1) is 0 Å². The Hall–Kier alpha value is -4.07. The molecule has 1 amide bonds. The van der Waals surface area contributed by atoms with Gasteiger partial charge in [-0.3, -0.25) is 24.1 Å². The predicted molar refractivity (Wildman–Crippen MR) is 153 cm³/mol. The van der Waals surface area contributed by atoms with Crippen molar-refractivity contribution in [1.82, 2.24) is 9.27 Å². The van der Waals surface area contributed by atoms with Crippen LogP contribution in [-0.4, -0.2) is 92.8 Å². The molecule has 3 aliphatic carbocycles. The summed E-state index contributed by atoms with van der Waals surface area (Å²) in [6, 6.07) is 2.21. The standard InChI is InChI=1S/C29H32N4O8S/c1-32(2)16-11-12(5-6-17(34)18-7-8-31-42-18)23(35)20-14(16)9-13-10-15-22(33(3)4)25(37)21(28(30)40)27(39)29(15,41)26(38)19(13)24(20)36/h7-8,11,13,15,22,35-36,39,41H,5-6,9-10H2,1-4H3,(H2,30,40). The molecule has 0 saturated heterocycles. The number of Topliss-reactive ketones (excluding diaryl/α,β-unsaturated/α-hetero) is 3. The van der Waals surface area contributed by atoms with Gasteiger partial charge in [0.1, 0.15) is 22.8 Å². The van der Waals surface area contributed by atoms with E-state index in [1.165, 1.54) is 11.1 Å². The first-order valence-electron chi connectivity index (χ1n) is 13.3. The van der Waals surface area contributed by atoms with Crippen molar-refractivity contribution in [1.29, 1.82) is 0 Å². The van der Waals surface area contributed by atoms with Gasteiger partial charge in [0.15, 0.2) is 17.2 Å². The summed E-state index contributed by atoms with van der Waals surface area (Å²) in [6.07, 6.45) is 1.91. The Balaban J connectivity index is 1.65. The summed E-state index contributed by atoms with van der Waals surface area (Å²) in [5.41, 5.74) is 3.17. The van der Waals surface area contributed by atoms with Gasteiger partial charge in [0.2, 0.25) is 5.78 Å². The molecule has 1 fully saturated rings. The molecule has 222 valence electrons. The van der Waals surface area contributed by atoms with Crippen molar-refractivity contribution >= 4 is 46.2 Å². The molecule has 3 aliphatic rings. The van der Waals surface area contributed by atoms with Crippen LogP contribution < -0.4 is 10.6 Å². The number of amides is 1. The van der Waals surface area contributed by atoms with Gasteiger partial charge in [0, 0.05) is 43.9 Å². The fourth-order valence-corrected chi connectivity index (χ4v) is 7.23. The lowest BCUT2D eigenvalue weighted by Crippen LogP contribution is -2.65. The Morgan fingerprint density at radius 1 is 1.17 bits per heavy atom. The zero-order valence-corrected chi connectivity index (χ0v) is 24.4. The number of nitrogens with zero attached hydrogens (tertiary/aromatic N) is 3. The van der Waals surface area contributed by atoms with Crippen molar-refractivity contribution in [2.75, 3.05) is 33.1 Å². The van der Waals surface area contributed by atoms with Crippen LogP contribution in [0.25, 0.3) is 5.76 Å². The zero-order chi connectivity index (χ0) is 30.8. The van der Waals surface area contributed by atoms with Gasteiger partial charge in [-0.25, -0.2) is 4.37 Å². The van der Waals surface area contributed by atoms with E-state index in [1.54, 1.807) is 45.2 Å². The van der Waals surface area contributed by atoms with E-state index in [4.69, 9.17) is 5.73 Å². The molecule has 1 aromatic heterocycles. The number of aryl methyl sites for hydroxylation is 1. The summed E-state index contributed by atoms with van der Waals surface area (Å²) >= 11 is 1.07. The van der Waals surface area contributed by atoms with Crippen molar-refractivity contribution in [3.05, 3.63) is 56.8 Å². The van der Waals surface area contributed by atoms with Crippen LogP contribution in [0, 0.1) is 11.8 Å². The molecule has 1 heterocycles. The fourth-order valence-electron chi connectivity index (χ4n) is 6.67. The molecule has 4 unspecified atom stereocenters. The summed E-state index contributed by atoms with van der Waals surface area (Å²) in [7, 11) is 6.68. The number of phenolic OH excluding ortho intramolecular Hbond substituents is 1. The maximum atomic E-state index is 14.1. The van der Waals surface area contributed by atoms with E-state index in [1.807, 2.05) is 0 Å². The topological polar surface area (TPSA) is 195 Å². The fraction of sp³-hybridized carbons (Fsp3) is 0.414. The van der Waals surface area contributed by atoms with Gasteiger partial charge in [0.25, 0.3) is 5.91 Å². The molecule has 6 N–H and O–H groups in total. The van der Waals surface area contributed by atoms with Crippen molar-refractivity contribution < 1.29 is 39.6 Å². The number of nitrogens with two attached hydrogens (primary N) is 1. The van der Waals surface area contributed by atoms with E-state index in [0.29, 0.717) is 21.7 Å². The maximum absolute atomic E-state index is 14.1. The van der Waals surface area contributed by atoms with Crippen LogP contribution in [0.2, 0.25) is 0 Å². The molecule has 42 heavy (non-hydrogen) atoms. The van der Waals surface area contributed by atoms with Crippen LogP contribution in [0.3, 0.4) is 0 Å². The number of aromatic nitrogens is 1. The highest BCUT2D eigenvalue weighted by Crippen LogP contribution is 2.54. The van der Waals surface area contributed by atoms with Crippen LogP contribution in [0.15, 0.2) is 35.2 Å². The van der Waals surface area contributed by atoms with Gasteiger partial charge < -0.3 is 31.1 Å². The average Bonchev–Trinajstić information content (AvgIpc) is 3.45. The molecular formula is C29H32N4O8S. The van der Waals surface area contributed by atoms with Crippen molar-refractivity contribution in [3.8, 4) is 5.75 Å². The van der Waals surface area contributed by atoms with E-state index in [-0.39, 0.29) is 48.4 Å². The number of carbonyl (C=O) groups excluding carboxylic acids is 4. The van der Waals surface area contributed by atoms with Gasteiger partial charge >= 0.3 is 0 Å².